The van der Waals surface area contributed by atoms with E-state index in [1.165, 1.54) is 12.1 Å². The van der Waals surface area contributed by atoms with Crippen molar-refractivity contribution in [2.24, 2.45) is 5.92 Å². The van der Waals surface area contributed by atoms with Gasteiger partial charge in [-0.05, 0) is 30.0 Å². The zero-order valence-corrected chi connectivity index (χ0v) is 12.5. The van der Waals surface area contributed by atoms with Gasteiger partial charge in [0.1, 0.15) is 11.6 Å². The van der Waals surface area contributed by atoms with Crippen LogP contribution < -0.4 is 15.4 Å². The van der Waals surface area contributed by atoms with E-state index < -0.39 is 0 Å². The predicted molar refractivity (Wildman–Crippen MR) is 78.0 cm³/mol. The van der Waals surface area contributed by atoms with Crippen LogP contribution >= 0.6 is 0 Å². The van der Waals surface area contributed by atoms with Crippen molar-refractivity contribution in [3.05, 3.63) is 29.1 Å². The molecule has 1 aliphatic rings. The van der Waals surface area contributed by atoms with E-state index in [2.05, 4.69) is 10.6 Å². The fraction of sp³-hybridized carbons (Fsp3) is 0.533. The number of hydrogen-bond donors (Lipinski definition) is 3. The highest BCUT2D eigenvalue weighted by atomic mass is 19.1. The zero-order valence-electron chi connectivity index (χ0n) is 12.5. The molecule has 0 saturated heterocycles. The number of ether oxygens (including phenoxy) is 2. The first kappa shape index (κ1) is 16.5. The van der Waals surface area contributed by atoms with Crippen LogP contribution in [0.4, 0.5) is 9.18 Å². The van der Waals surface area contributed by atoms with Crippen LogP contribution in [-0.2, 0) is 17.8 Å². The standard InChI is InChI=1S/C15H21FN2O4/c1-10(7-19)6-18-15(20)17-3-2-11-4-13(16)5-12-8-21-9-22-14(11)12/h4-5,10,19H,2-3,6-9H2,1H3,(H2,17,18,20). The van der Waals surface area contributed by atoms with E-state index in [0.29, 0.717) is 43.0 Å². The Morgan fingerprint density at radius 2 is 2.27 bits per heavy atom. The van der Waals surface area contributed by atoms with Crippen molar-refractivity contribution in [2.75, 3.05) is 26.5 Å². The summed E-state index contributed by atoms with van der Waals surface area (Å²) in [6, 6.07) is 2.50. The van der Waals surface area contributed by atoms with Gasteiger partial charge in [-0.25, -0.2) is 9.18 Å². The van der Waals surface area contributed by atoms with Gasteiger partial charge in [-0.1, -0.05) is 6.92 Å². The Balaban J connectivity index is 1.84. The number of nitrogens with one attached hydrogen (secondary N) is 2. The van der Waals surface area contributed by atoms with Crippen LogP contribution in [0.15, 0.2) is 12.1 Å². The Kier molecular flexibility index (Phi) is 5.97. The van der Waals surface area contributed by atoms with Crippen LogP contribution in [0.2, 0.25) is 0 Å². The number of rotatable bonds is 6. The summed E-state index contributed by atoms with van der Waals surface area (Å²) in [6.45, 7) is 3.09. The van der Waals surface area contributed by atoms with Crippen LogP contribution in [0.25, 0.3) is 0 Å². The monoisotopic (exact) mass is 312 g/mol. The van der Waals surface area contributed by atoms with E-state index in [1.54, 1.807) is 0 Å². The van der Waals surface area contributed by atoms with Crippen LogP contribution in [0.1, 0.15) is 18.1 Å². The van der Waals surface area contributed by atoms with Crippen molar-refractivity contribution in [1.82, 2.24) is 10.6 Å². The van der Waals surface area contributed by atoms with Gasteiger partial charge in [-0.2, -0.15) is 0 Å². The lowest BCUT2D eigenvalue weighted by Gasteiger charge is -2.21. The molecule has 0 radical (unpaired) electrons. The van der Waals surface area contributed by atoms with Crippen LogP contribution in [-0.4, -0.2) is 37.6 Å². The second kappa shape index (κ2) is 7.95. The van der Waals surface area contributed by atoms with E-state index in [-0.39, 0.29) is 31.2 Å². The Bertz CT molecular complexity index is 525. The first-order chi connectivity index (χ1) is 10.6. The maximum atomic E-state index is 13.6. The Morgan fingerprint density at radius 1 is 1.45 bits per heavy atom. The number of halogens is 1. The van der Waals surface area contributed by atoms with E-state index in [1.807, 2.05) is 6.92 Å². The number of aliphatic hydroxyl groups is 1. The van der Waals surface area contributed by atoms with Gasteiger partial charge in [0.05, 0.1) is 6.61 Å². The number of carbonyl (C=O) groups excluding carboxylic acids is 1. The van der Waals surface area contributed by atoms with Gasteiger partial charge >= 0.3 is 6.03 Å². The molecule has 1 atom stereocenters. The average Bonchev–Trinajstić information content (AvgIpc) is 2.52. The third-order valence-corrected chi connectivity index (χ3v) is 3.35. The summed E-state index contributed by atoms with van der Waals surface area (Å²) in [5.41, 5.74) is 1.39. The van der Waals surface area contributed by atoms with Crippen molar-refractivity contribution in [3.63, 3.8) is 0 Å². The third-order valence-electron chi connectivity index (χ3n) is 3.35. The quantitative estimate of drug-likeness (QED) is 0.736. The van der Waals surface area contributed by atoms with Crippen LogP contribution in [0.3, 0.4) is 0 Å². The summed E-state index contributed by atoms with van der Waals surface area (Å²) in [4.78, 5) is 11.6. The molecular weight excluding hydrogens is 291 g/mol. The minimum absolute atomic E-state index is 0.00869. The molecule has 0 spiro atoms. The maximum Gasteiger partial charge on any atom is 0.314 e. The van der Waals surface area contributed by atoms with E-state index in [0.717, 1.165) is 0 Å². The molecular formula is C15H21FN2O4. The van der Waals surface area contributed by atoms with Gasteiger partial charge in [0.2, 0.25) is 0 Å². The minimum atomic E-state index is -0.343. The molecule has 122 valence electrons. The minimum Gasteiger partial charge on any atom is -0.467 e. The fourth-order valence-electron chi connectivity index (χ4n) is 2.15. The lowest BCUT2D eigenvalue weighted by atomic mass is 10.1. The molecule has 6 nitrogen and oxygen atoms in total. The molecule has 0 aliphatic carbocycles. The molecule has 1 aromatic rings. The summed E-state index contributed by atoms with van der Waals surface area (Å²) in [6.07, 6.45) is 0.461. The molecule has 22 heavy (non-hydrogen) atoms. The van der Waals surface area contributed by atoms with Crippen LogP contribution in [0.5, 0.6) is 5.75 Å². The van der Waals surface area contributed by atoms with Gasteiger partial charge in [0, 0.05) is 25.3 Å². The molecule has 1 heterocycles. The predicted octanol–water partition coefficient (Wildman–Crippen LogP) is 1.16. The molecule has 2 amide bonds. The molecule has 0 aromatic heterocycles. The summed E-state index contributed by atoms with van der Waals surface area (Å²) in [5, 5.41) is 14.2. The lowest BCUT2D eigenvalue weighted by Crippen LogP contribution is -2.39. The maximum absolute atomic E-state index is 13.6. The van der Waals surface area contributed by atoms with Gasteiger partial charge < -0.3 is 25.2 Å². The average molecular weight is 312 g/mol. The fourth-order valence-corrected chi connectivity index (χ4v) is 2.15. The molecule has 0 saturated carbocycles. The smallest absolute Gasteiger partial charge is 0.314 e. The SMILES string of the molecule is CC(CO)CNC(=O)NCCc1cc(F)cc2c1OCOC2. The highest BCUT2D eigenvalue weighted by Crippen LogP contribution is 2.29. The first-order valence-electron chi connectivity index (χ1n) is 7.24. The molecule has 7 heteroatoms. The number of hydrogen-bond acceptors (Lipinski definition) is 4. The number of urea groups is 1. The second-order valence-corrected chi connectivity index (χ2v) is 5.34. The summed E-state index contributed by atoms with van der Waals surface area (Å²) >= 11 is 0. The van der Waals surface area contributed by atoms with Gasteiger partial charge in [-0.15, -0.1) is 0 Å². The van der Waals surface area contributed by atoms with Crippen molar-refractivity contribution in [2.45, 2.75) is 20.0 Å². The number of amides is 2. The topological polar surface area (TPSA) is 79.8 Å². The Labute approximate surface area is 128 Å². The molecule has 3 N–H and O–H groups in total. The Hall–Kier alpha value is -1.86. The van der Waals surface area contributed by atoms with E-state index in [9.17, 15) is 9.18 Å². The molecule has 1 unspecified atom stereocenters. The van der Waals surface area contributed by atoms with E-state index >= 15 is 0 Å². The number of carbonyl (C=O) groups is 1. The van der Waals surface area contributed by atoms with Crippen LogP contribution in [0, 0.1) is 11.7 Å². The zero-order chi connectivity index (χ0) is 15.9. The van der Waals surface area contributed by atoms with Crippen molar-refractivity contribution in [3.8, 4) is 5.75 Å². The summed E-state index contributed by atoms with van der Waals surface area (Å²) in [5.74, 6) is 0.308. The number of aliphatic hydroxyl groups excluding tert-OH is 1. The summed E-state index contributed by atoms with van der Waals surface area (Å²) < 4.78 is 24.1. The van der Waals surface area contributed by atoms with E-state index in [4.69, 9.17) is 14.6 Å². The van der Waals surface area contributed by atoms with Gasteiger partial charge in [0.25, 0.3) is 0 Å². The number of fused-ring (bicyclic) bond motifs is 1. The first-order valence-corrected chi connectivity index (χ1v) is 7.24. The normalized spacial score (nSPS) is 14.7. The summed E-state index contributed by atoms with van der Waals surface area (Å²) in [7, 11) is 0. The van der Waals surface area contributed by atoms with Gasteiger partial charge in [-0.3, -0.25) is 0 Å². The molecule has 0 fully saturated rings. The van der Waals surface area contributed by atoms with Crippen molar-refractivity contribution in [1.29, 1.82) is 0 Å². The molecule has 1 aliphatic heterocycles. The highest BCUT2D eigenvalue weighted by Gasteiger charge is 2.16. The lowest BCUT2D eigenvalue weighted by molar-refractivity contribution is -0.0172. The number of benzene rings is 1. The molecule has 2 rings (SSSR count). The largest absolute Gasteiger partial charge is 0.467 e. The van der Waals surface area contributed by atoms with Gasteiger partial charge in [0.15, 0.2) is 6.79 Å². The van der Waals surface area contributed by atoms with Crippen molar-refractivity contribution < 1.29 is 23.8 Å². The van der Waals surface area contributed by atoms with Crippen molar-refractivity contribution >= 4 is 6.03 Å². The third kappa shape index (κ3) is 4.57. The second-order valence-electron chi connectivity index (χ2n) is 5.34. The molecule has 1 aromatic carbocycles. The molecule has 0 bridgehead atoms. The Morgan fingerprint density at radius 3 is 3.05 bits per heavy atom. The highest BCUT2D eigenvalue weighted by molar-refractivity contribution is 5.73.